The summed E-state index contributed by atoms with van der Waals surface area (Å²) >= 11 is 0. The third-order valence-corrected chi connectivity index (χ3v) is 2.65. The molecule has 8 nitrogen and oxygen atoms in total. The fraction of sp³-hybridized carbons (Fsp3) is 0.286. The highest BCUT2D eigenvalue weighted by Crippen LogP contribution is 2.16. The molecule has 0 radical (unpaired) electrons. The lowest BCUT2D eigenvalue weighted by atomic mass is 10.1. The summed E-state index contributed by atoms with van der Waals surface area (Å²) in [7, 11) is 0. The molecule has 0 atom stereocenters. The minimum atomic E-state index is -1.04. The first-order valence-corrected chi connectivity index (χ1v) is 6.54. The quantitative estimate of drug-likeness (QED) is 0.824. The fourth-order valence-corrected chi connectivity index (χ4v) is 1.89. The van der Waals surface area contributed by atoms with Crippen molar-refractivity contribution in [2.75, 3.05) is 11.9 Å². The van der Waals surface area contributed by atoms with E-state index in [1.807, 2.05) is 32.0 Å². The number of ether oxygens (including phenoxy) is 1. The average molecular weight is 304 g/mol. The average Bonchev–Trinajstić information content (AvgIpc) is 2.81. The second-order valence-electron chi connectivity index (χ2n) is 4.82. The Kier molecular flexibility index (Phi) is 4.72. The zero-order valence-electron chi connectivity index (χ0n) is 12.2. The summed E-state index contributed by atoms with van der Waals surface area (Å²) in [5.41, 5.74) is 2.09. The van der Waals surface area contributed by atoms with Crippen LogP contribution in [0.3, 0.4) is 0 Å². The second-order valence-corrected chi connectivity index (χ2v) is 4.82. The van der Waals surface area contributed by atoms with E-state index < -0.39 is 11.9 Å². The molecular formula is C14H16N4O4. The number of nitrogens with one attached hydrogen (secondary N) is 1. The van der Waals surface area contributed by atoms with Crippen molar-refractivity contribution < 1.29 is 19.4 Å². The highest BCUT2D eigenvalue weighted by Gasteiger charge is 2.09. The van der Waals surface area contributed by atoms with Crippen LogP contribution in [0, 0.1) is 13.8 Å². The van der Waals surface area contributed by atoms with Gasteiger partial charge in [-0.2, -0.15) is 0 Å². The van der Waals surface area contributed by atoms with Crippen molar-refractivity contribution in [1.29, 1.82) is 0 Å². The van der Waals surface area contributed by atoms with E-state index in [1.54, 1.807) is 0 Å². The van der Waals surface area contributed by atoms with Crippen molar-refractivity contribution in [3.63, 3.8) is 0 Å². The standard InChI is InChI=1S/C14H16N4O4/c1-9-3-10(2)5-11(4-9)22-7-12(19)16-14-15-8-18(17-14)6-13(20)21/h3-5,8H,6-7H2,1-2H3,(H,20,21)(H,16,17,19). The van der Waals surface area contributed by atoms with E-state index in [0.717, 1.165) is 15.8 Å². The molecule has 1 aromatic heterocycles. The maximum Gasteiger partial charge on any atom is 0.325 e. The number of carbonyl (C=O) groups is 2. The van der Waals surface area contributed by atoms with Gasteiger partial charge in [-0.15, -0.1) is 5.10 Å². The minimum absolute atomic E-state index is 0.0373. The highest BCUT2D eigenvalue weighted by atomic mass is 16.5. The first-order valence-electron chi connectivity index (χ1n) is 6.54. The monoisotopic (exact) mass is 304 g/mol. The highest BCUT2D eigenvalue weighted by molar-refractivity contribution is 5.90. The molecule has 1 aromatic carbocycles. The number of carbonyl (C=O) groups excluding carboxylic acids is 1. The number of rotatable bonds is 6. The van der Waals surface area contributed by atoms with Crippen LogP contribution < -0.4 is 10.1 Å². The maximum atomic E-state index is 11.7. The van der Waals surface area contributed by atoms with Crippen molar-refractivity contribution in [2.45, 2.75) is 20.4 Å². The first-order chi connectivity index (χ1) is 10.4. The van der Waals surface area contributed by atoms with E-state index in [4.69, 9.17) is 9.84 Å². The van der Waals surface area contributed by atoms with Crippen LogP contribution in [0.5, 0.6) is 5.75 Å². The van der Waals surface area contributed by atoms with E-state index in [9.17, 15) is 9.59 Å². The summed E-state index contributed by atoms with van der Waals surface area (Å²) in [5, 5.41) is 14.9. The van der Waals surface area contributed by atoms with E-state index in [-0.39, 0.29) is 19.1 Å². The van der Waals surface area contributed by atoms with Crippen LogP contribution in [0.4, 0.5) is 5.95 Å². The van der Waals surface area contributed by atoms with Gasteiger partial charge >= 0.3 is 5.97 Å². The van der Waals surface area contributed by atoms with Crippen LogP contribution in [-0.4, -0.2) is 38.4 Å². The zero-order valence-corrected chi connectivity index (χ0v) is 12.2. The third kappa shape index (κ3) is 4.58. The molecule has 0 fully saturated rings. The fourth-order valence-electron chi connectivity index (χ4n) is 1.89. The van der Waals surface area contributed by atoms with Gasteiger partial charge in [0.2, 0.25) is 5.95 Å². The lowest BCUT2D eigenvalue weighted by Gasteiger charge is -2.07. The number of hydrogen-bond acceptors (Lipinski definition) is 5. The van der Waals surface area contributed by atoms with Crippen LogP contribution >= 0.6 is 0 Å². The second kappa shape index (κ2) is 6.70. The molecule has 22 heavy (non-hydrogen) atoms. The number of carboxylic acid groups (broad SMARTS) is 1. The molecule has 0 unspecified atom stereocenters. The molecule has 2 N–H and O–H groups in total. The first kappa shape index (κ1) is 15.5. The van der Waals surface area contributed by atoms with Crippen molar-refractivity contribution in [2.24, 2.45) is 0 Å². The summed E-state index contributed by atoms with van der Waals surface area (Å²) in [6, 6.07) is 5.67. The molecule has 0 saturated carbocycles. The third-order valence-electron chi connectivity index (χ3n) is 2.65. The van der Waals surface area contributed by atoms with Gasteiger partial charge in [0.05, 0.1) is 0 Å². The number of aromatic nitrogens is 3. The summed E-state index contributed by atoms with van der Waals surface area (Å²) in [4.78, 5) is 26.1. The summed E-state index contributed by atoms with van der Waals surface area (Å²) in [6.45, 7) is 3.39. The SMILES string of the molecule is Cc1cc(C)cc(OCC(=O)Nc2ncn(CC(=O)O)n2)c1. The maximum absolute atomic E-state index is 11.7. The number of hydrogen-bond donors (Lipinski definition) is 2. The number of benzene rings is 1. The van der Waals surface area contributed by atoms with Gasteiger partial charge in [-0.25, -0.2) is 9.67 Å². The van der Waals surface area contributed by atoms with Crippen molar-refractivity contribution >= 4 is 17.8 Å². The minimum Gasteiger partial charge on any atom is -0.484 e. The Morgan fingerprint density at radius 1 is 1.27 bits per heavy atom. The Balaban J connectivity index is 1.87. The van der Waals surface area contributed by atoms with Crippen molar-refractivity contribution in [3.8, 4) is 5.75 Å². The molecular weight excluding hydrogens is 288 g/mol. The van der Waals surface area contributed by atoms with Gasteiger partial charge in [-0.1, -0.05) is 6.07 Å². The molecule has 0 saturated heterocycles. The Hall–Kier alpha value is -2.90. The van der Waals surface area contributed by atoms with Crippen LogP contribution in [0.25, 0.3) is 0 Å². The molecule has 1 amide bonds. The molecule has 2 aromatic rings. The Morgan fingerprint density at radius 2 is 1.95 bits per heavy atom. The number of carboxylic acids is 1. The molecule has 116 valence electrons. The normalized spacial score (nSPS) is 10.3. The summed E-state index contributed by atoms with van der Waals surface area (Å²) in [6.07, 6.45) is 1.23. The van der Waals surface area contributed by atoms with Crippen LogP contribution in [0.1, 0.15) is 11.1 Å². The zero-order chi connectivity index (χ0) is 16.1. The molecule has 2 rings (SSSR count). The van der Waals surface area contributed by atoms with Crippen molar-refractivity contribution in [3.05, 3.63) is 35.7 Å². The van der Waals surface area contributed by atoms with Gasteiger partial charge in [-0.3, -0.25) is 14.9 Å². The topological polar surface area (TPSA) is 106 Å². The van der Waals surface area contributed by atoms with E-state index in [1.165, 1.54) is 6.33 Å². The van der Waals surface area contributed by atoms with E-state index in [0.29, 0.717) is 5.75 Å². The largest absolute Gasteiger partial charge is 0.484 e. The lowest BCUT2D eigenvalue weighted by Crippen LogP contribution is -2.21. The van der Waals surface area contributed by atoms with Crippen LogP contribution in [0.15, 0.2) is 24.5 Å². The van der Waals surface area contributed by atoms with Gasteiger partial charge in [0.15, 0.2) is 6.61 Å². The summed E-state index contributed by atoms with van der Waals surface area (Å²) < 4.78 is 6.52. The van der Waals surface area contributed by atoms with Gasteiger partial charge in [0.1, 0.15) is 18.6 Å². The molecule has 0 aliphatic carbocycles. The lowest BCUT2D eigenvalue weighted by molar-refractivity contribution is -0.137. The number of aliphatic carboxylic acids is 1. The molecule has 8 heteroatoms. The summed E-state index contributed by atoms with van der Waals surface area (Å²) in [5.74, 6) is -0.819. The molecule has 0 aliphatic heterocycles. The number of nitrogens with zero attached hydrogens (tertiary/aromatic N) is 3. The van der Waals surface area contributed by atoms with Crippen LogP contribution in [-0.2, 0) is 16.1 Å². The number of amides is 1. The molecule has 0 bridgehead atoms. The van der Waals surface area contributed by atoms with Crippen LogP contribution in [0.2, 0.25) is 0 Å². The molecule has 0 spiro atoms. The van der Waals surface area contributed by atoms with Gasteiger partial charge in [-0.05, 0) is 37.1 Å². The Morgan fingerprint density at radius 3 is 2.59 bits per heavy atom. The molecule has 1 heterocycles. The van der Waals surface area contributed by atoms with E-state index >= 15 is 0 Å². The predicted molar refractivity (Wildman–Crippen MR) is 77.7 cm³/mol. The number of aryl methyl sites for hydroxylation is 2. The predicted octanol–water partition coefficient (Wildman–Crippen LogP) is 0.997. The number of anilines is 1. The van der Waals surface area contributed by atoms with E-state index in [2.05, 4.69) is 15.4 Å². The van der Waals surface area contributed by atoms with Gasteiger partial charge in [0.25, 0.3) is 5.91 Å². The van der Waals surface area contributed by atoms with Crippen molar-refractivity contribution in [1.82, 2.24) is 14.8 Å². The Labute approximate surface area is 126 Å². The van der Waals surface area contributed by atoms with Gasteiger partial charge in [0, 0.05) is 0 Å². The smallest absolute Gasteiger partial charge is 0.325 e. The Bertz CT molecular complexity index is 676. The molecule has 0 aliphatic rings. The van der Waals surface area contributed by atoms with Gasteiger partial charge < -0.3 is 9.84 Å².